The highest BCUT2D eigenvalue weighted by atomic mass is 16.4. The van der Waals surface area contributed by atoms with E-state index >= 15 is 0 Å². The second kappa shape index (κ2) is 14.9. The van der Waals surface area contributed by atoms with E-state index in [4.69, 9.17) is 5.26 Å². The molecule has 0 aliphatic heterocycles. The number of carbonyl (C=O) groups excluding carboxylic acids is 3. The molecule has 2 rings (SSSR count). The molecule has 0 aliphatic carbocycles. The van der Waals surface area contributed by atoms with Gasteiger partial charge in [0.25, 0.3) is 17.7 Å². The fourth-order valence-electron chi connectivity index (χ4n) is 3.14. The van der Waals surface area contributed by atoms with E-state index < -0.39 is 30.9 Å². The average molecular weight is 490 g/mol. The van der Waals surface area contributed by atoms with Gasteiger partial charge in [-0.25, -0.2) is 9.98 Å². The smallest absolute Gasteiger partial charge is 0.422 e. The second-order valence-corrected chi connectivity index (χ2v) is 7.66. The first-order chi connectivity index (χ1) is 17.3. The molecule has 0 spiro atoms. The van der Waals surface area contributed by atoms with Crippen LogP contribution in [0.3, 0.4) is 0 Å². The van der Waals surface area contributed by atoms with Gasteiger partial charge in [-0.1, -0.05) is 36.4 Å². The van der Waals surface area contributed by atoms with Gasteiger partial charge in [0.1, 0.15) is 23.4 Å². The van der Waals surface area contributed by atoms with Gasteiger partial charge in [-0.2, -0.15) is 5.26 Å². The minimum Gasteiger partial charge on any atom is -0.422 e. The lowest BCUT2D eigenvalue weighted by molar-refractivity contribution is -0.120. The Morgan fingerprint density at radius 3 is 2.56 bits per heavy atom. The Labute approximate surface area is 209 Å². The van der Waals surface area contributed by atoms with E-state index in [2.05, 4.69) is 25.6 Å². The highest BCUT2D eigenvalue weighted by Gasteiger charge is 2.25. The molecule has 0 radical (unpaired) electrons. The SMILES string of the molecule is C/C=C(\C#N)C(=O)NCCCC[C@H](NC(=O)c1cnccn1)C(=O)/N=C(\Cc1ccccc1)B(O)O. The van der Waals surface area contributed by atoms with Gasteiger partial charge >= 0.3 is 7.12 Å². The van der Waals surface area contributed by atoms with Crippen LogP contribution in [0.1, 0.15) is 42.2 Å². The van der Waals surface area contributed by atoms with Crippen LogP contribution in [0.2, 0.25) is 0 Å². The summed E-state index contributed by atoms with van der Waals surface area (Å²) in [5, 5.41) is 33.6. The number of nitrogens with one attached hydrogen (secondary N) is 2. The minimum atomic E-state index is -1.96. The summed E-state index contributed by atoms with van der Waals surface area (Å²) >= 11 is 0. The standard InChI is InChI=1S/C24H27BN6O5/c1-2-18(15-26)22(32)29-11-7-6-10-19(30-24(34)20-16-27-12-13-28-20)23(33)31-21(25(35)36)14-17-8-4-3-5-9-17/h2-5,8-9,12-13,16,19,35-36H,6-7,10-11,14H2,1H3,(H,29,32)(H,30,34)/b18-2+,31-21+/t19-/m0/s1. The molecule has 36 heavy (non-hydrogen) atoms. The Hall–Kier alpha value is -4.21. The van der Waals surface area contributed by atoms with Crippen molar-refractivity contribution in [2.24, 2.45) is 4.99 Å². The molecule has 0 saturated carbocycles. The molecule has 186 valence electrons. The first-order valence-electron chi connectivity index (χ1n) is 11.3. The number of unbranched alkanes of at least 4 members (excludes halogenated alkanes) is 1. The van der Waals surface area contributed by atoms with Gasteiger partial charge in [0.2, 0.25) is 0 Å². The van der Waals surface area contributed by atoms with E-state index in [0.29, 0.717) is 12.8 Å². The molecule has 1 aromatic carbocycles. The summed E-state index contributed by atoms with van der Waals surface area (Å²) in [6.45, 7) is 1.85. The predicted molar refractivity (Wildman–Crippen MR) is 132 cm³/mol. The van der Waals surface area contributed by atoms with E-state index in [-0.39, 0.29) is 36.3 Å². The third kappa shape index (κ3) is 9.21. The van der Waals surface area contributed by atoms with Crippen LogP contribution >= 0.6 is 0 Å². The van der Waals surface area contributed by atoms with Gasteiger partial charge in [0.05, 0.1) is 11.8 Å². The summed E-state index contributed by atoms with van der Waals surface area (Å²) in [4.78, 5) is 49.1. The lowest BCUT2D eigenvalue weighted by atomic mass is 9.79. The largest absolute Gasteiger partial charge is 0.504 e. The molecule has 1 atom stereocenters. The van der Waals surface area contributed by atoms with Gasteiger partial charge in [0, 0.05) is 25.4 Å². The average Bonchev–Trinajstić information content (AvgIpc) is 2.89. The molecule has 12 heteroatoms. The highest BCUT2D eigenvalue weighted by Crippen LogP contribution is 2.08. The molecule has 1 heterocycles. The number of carbonyl (C=O) groups is 3. The summed E-state index contributed by atoms with van der Waals surface area (Å²) in [5.41, 5.74) is 0.578. The highest BCUT2D eigenvalue weighted by molar-refractivity contribution is 6.80. The Bertz CT molecular complexity index is 1130. The zero-order chi connectivity index (χ0) is 26.3. The fourth-order valence-corrected chi connectivity index (χ4v) is 3.14. The van der Waals surface area contributed by atoms with Crippen LogP contribution in [-0.2, 0) is 16.0 Å². The summed E-state index contributed by atoms with van der Waals surface area (Å²) < 4.78 is 0. The van der Waals surface area contributed by atoms with Gasteiger partial charge < -0.3 is 20.7 Å². The molecule has 1 aromatic heterocycles. The number of hydrogen-bond acceptors (Lipinski definition) is 8. The van der Waals surface area contributed by atoms with Crippen molar-refractivity contribution < 1.29 is 24.4 Å². The summed E-state index contributed by atoms with van der Waals surface area (Å²) in [7, 11) is -1.96. The number of nitrogens with zero attached hydrogens (tertiary/aromatic N) is 4. The van der Waals surface area contributed by atoms with E-state index in [1.165, 1.54) is 24.7 Å². The molecule has 4 N–H and O–H groups in total. The van der Waals surface area contributed by atoms with Crippen molar-refractivity contribution in [3.63, 3.8) is 0 Å². The normalized spacial score (nSPS) is 12.3. The van der Waals surface area contributed by atoms with E-state index in [9.17, 15) is 24.4 Å². The number of allylic oxidation sites excluding steroid dienone is 1. The maximum atomic E-state index is 13.0. The maximum absolute atomic E-state index is 13.0. The van der Waals surface area contributed by atoms with Crippen LogP contribution in [0, 0.1) is 11.3 Å². The predicted octanol–water partition coefficient (Wildman–Crippen LogP) is 0.554. The van der Waals surface area contributed by atoms with Crippen molar-refractivity contribution in [3.8, 4) is 6.07 Å². The Kier molecular flexibility index (Phi) is 11.6. The fraction of sp³-hybridized carbons (Fsp3) is 0.292. The molecular weight excluding hydrogens is 463 g/mol. The van der Waals surface area contributed by atoms with Crippen molar-refractivity contribution in [1.82, 2.24) is 20.6 Å². The van der Waals surface area contributed by atoms with Gasteiger partial charge in [-0.05, 0) is 31.7 Å². The molecule has 3 amide bonds. The lowest BCUT2D eigenvalue weighted by Crippen LogP contribution is -2.42. The number of amides is 3. The molecule has 0 bridgehead atoms. The van der Waals surface area contributed by atoms with Gasteiger partial charge in [0.15, 0.2) is 0 Å². The Morgan fingerprint density at radius 2 is 1.94 bits per heavy atom. The number of rotatable bonds is 12. The molecule has 0 unspecified atom stereocenters. The Morgan fingerprint density at radius 1 is 1.19 bits per heavy atom. The number of hydrogen-bond donors (Lipinski definition) is 4. The van der Waals surface area contributed by atoms with Gasteiger partial charge in [-0.15, -0.1) is 0 Å². The lowest BCUT2D eigenvalue weighted by Gasteiger charge is -2.16. The van der Waals surface area contributed by atoms with Crippen LogP contribution in [0.4, 0.5) is 0 Å². The molecular formula is C24H27BN6O5. The second-order valence-electron chi connectivity index (χ2n) is 7.66. The van der Waals surface area contributed by atoms with Crippen molar-refractivity contribution in [2.75, 3.05) is 6.54 Å². The van der Waals surface area contributed by atoms with E-state index in [1.54, 1.807) is 43.3 Å². The van der Waals surface area contributed by atoms with Crippen LogP contribution in [0.25, 0.3) is 0 Å². The number of nitriles is 1. The van der Waals surface area contributed by atoms with Crippen molar-refractivity contribution in [3.05, 3.63) is 71.8 Å². The minimum absolute atomic E-state index is 0.00197. The quantitative estimate of drug-likeness (QED) is 0.110. The zero-order valence-electron chi connectivity index (χ0n) is 19.8. The summed E-state index contributed by atoms with van der Waals surface area (Å²) in [6, 6.07) is 9.59. The first kappa shape index (κ1) is 28.0. The first-order valence-corrected chi connectivity index (χ1v) is 11.3. The molecule has 0 aliphatic rings. The molecule has 11 nitrogen and oxygen atoms in total. The summed E-state index contributed by atoms with van der Waals surface area (Å²) in [5.74, 6) is -1.88. The monoisotopic (exact) mass is 490 g/mol. The third-order valence-electron chi connectivity index (χ3n) is 5.04. The van der Waals surface area contributed by atoms with Crippen LogP contribution in [0.15, 0.2) is 65.6 Å². The number of aliphatic imine (C=N–C) groups is 1. The van der Waals surface area contributed by atoms with Crippen LogP contribution in [-0.4, -0.2) is 63.1 Å². The third-order valence-corrected chi connectivity index (χ3v) is 5.04. The molecule has 0 fully saturated rings. The van der Waals surface area contributed by atoms with E-state index in [1.807, 2.05) is 0 Å². The van der Waals surface area contributed by atoms with Crippen molar-refractivity contribution in [1.29, 1.82) is 5.26 Å². The number of aromatic nitrogens is 2. The summed E-state index contributed by atoms with van der Waals surface area (Å²) in [6.07, 6.45) is 6.48. The van der Waals surface area contributed by atoms with Crippen LogP contribution < -0.4 is 10.6 Å². The van der Waals surface area contributed by atoms with Crippen molar-refractivity contribution in [2.45, 2.75) is 38.6 Å². The number of benzene rings is 1. The van der Waals surface area contributed by atoms with Crippen LogP contribution in [0.5, 0.6) is 0 Å². The van der Waals surface area contributed by atoms with E-state index in [0.717, 1.165) is 5.56 Å². The molecule has 0 saturated heterocycles. The Balaban J connectivity index is 2.10. The molecule has 2 aromatic rings. The topological polar surface area (TPSA) is 178 Å². The van der Waals surface area contributed by atoms with Gasteiger partial charge in [-0.3, -0.25) is 19.4 Å². The maximum Gasteiger partial charge on any atom is 0.504 e. The van der Waals surface area contributed by atoms with Crippen molar-refractivity contribution >= 4 is 30.5 Å². The zero-order valence-corrected chi connectivity index (χ0v) is 19.8.